The van der Waals surface area contributed by atoms with Crippen LogP contribution in [0.1, 0.15) is 64.2 Å². The minimum absolute atomic E-state index is 0.585. The standard InChI is InChI=1S/C12H21O/c1-3-7-11(8-4-1)13-12-9-5-2-6-10-12/h11H,1-10H2. The molecule has 0 aromatic carbocycles. The van der Waals surface area contributed by atoms with Gasteiger partial charge in [0, 0.05) is 0 Å². The van der Waals surface area contributed by atoms with Crippen molar-refractivity contribution in [1.29, 1.82) is 0 Å². The van der Waals surface area contributed by atoms with Gasteiger partial charge < -0.3 is 4.74 Å². The van der Waals surface area contributed by atoms with E-state index in [0.717, 1.165) is 0 Å². The van der Waals surface area contributed by atoms with Crippen LogP contribution in [0.15, 0.2) is 0 Å². The molecule has 2 aliphatic rings. The predicted molar refractivity (Wildman–Crippen MR) is 54.3 cm³/mol. The first-order chi connectivity index (χ1) is 6.45. The fourth-order valence-electron chi connectivity index (χ4n) is 2.48. The zero-order valence-corrected chi connectivity index (χ0v) is 8.56. The Bertz CT molecular complexity index is 116. The van der Waals surface area contributed by atoms with Gasteiger partial charge in [-0.2, -0.15) is 0 Å². The Hall–Kier alpha value is -0.0400. The van der Waals surface area contributed by atoms with Crippen molar-refractivity contribution in [3.8, 4) is 0 Å². The molecular formula is C12H21O. The quantitative estimate of drug-likeness (QED) is 0.629. The lowest BCUT2D eigenvalue weighted by Gasteiger charge is -2.28. The summed E-state index contributed by atoms with van der Waals surface area (Å²) in [7, 11) is 0. The Morgan fingerprint density at radius 1 is 0.769 bits per heavy atom. The largest absolute Gasteiger partial charge is 0.369 e. The average Bonchev–Trinajstić information content (AvgIpc) is 2.21. The highest BCUT2D eigenvalue weighted by molar-refractivity contribution is 4.84. The number of ether oxygens (including phenoxy) is 1. The molecule has 2 fully saturated rings. The molecule has 0 N–H and O–H groups in total. The normalized spacial score (nSPS) is 27.7. The van der Waals surface area contributed by atoms with Gasteiger partial charge in [-0.15, -0.1) is 0 Å². The molecule has 75 valence electrons. The van der Waals surface area contributed by atoms with Gasteiger partial charge in [0.05, 0.1) is 12.2 Å². The summed E-state index contributed by atoms with van der Waals surface area (Å²) in [5.74, 6) is 0. The van der Waals surface area contributed by atoms with Crippen molar-refractivity contribution < 1.29 is 4.74 Å². The first kappa shape index (κ1) is 9.51. The lowest BCUT2D eigenvalue weighted by Crippen LogP contribution is -2.21. The van der Waals surface area contributed by atoms with Gasteiger partial charge >= 0.3 is 0 Å². The second-order valence-corrected chi connectivity index (χ2v) is 4.48. The Labute approximate surface area is 81.9 Å². The van der Waals surface area contributed by atoms with Crippen LogP contribution >= 0.6 is 0 Å². The van der Waals surface area contributed by atoms with Gasteiger partial charge in [-0.05, 0) is 25.7 Å². The van der Waals surface area contributed by atoms with E-state index in [0.29, 0.717) is 6.10 Å². The van der Waals surface area contributed by atoms with E-state index >= 15 is 0 Å². The number of hydrogen-bond acceptors (Lipinski definition) is 1. The smallest absolute Gasteiger partial charge is 0.0974 e. The lowest BCUT2D eigenvalue weighted by atomic mass is 9.95. The van der Waals surface area contributed by atoms with E-state index < -0.39 is 0 Å². The van der Waals surface area contributed by atoms with E-state index in [1.54, 1.807) is 0 Å². The maximum absolute atomic E-state index is 6.05. The Morgan fingerprint density at radius 2 is 1.38 bits per heavy atom. The van der Waals surface area contributed by atoms with Crippen molar-refractivity contribution >= 4 is 0 Å². The summed E-state index contributed by atoms with van der Waals surface area (Å²) in [6.45, 7) is 0. The Balaban J connectivity index is 1.69. The molecular weight excluding hydrogens is 160 g/mol. The van der Waals surface area contributed by atoms with Crippen LogP contribution in [-0.2, 0) is 4.74 Å². The van der Waals surface area contributed by atoms with Crippen molar-refractivity contribution in [3.05, 3.63) is 6.10 Å². The van der Waals surface area contributed by atoms with Crippen LogP contribution in [0, 0.1) is 6.10 Å². The summed E-state index contributed by atoms with van der Waals surface area (Å²) in [5, 5.41) is 0. The van der Waals surface area contributed by atoms with Gasteiger partial charge in [0.15, 0.2) is 0 Å². The fourth-order valence-corrected chi connectivity index (χ4v) is 2.48. The first-order valence-corrected chi connectivity index (χ1v) is 5.96. The molecule has 0 unspecified atom stereocenters. The molecule has 2 aliphatic carbocycles. The van der Waals surface area contributed by atoms with Crippen LogP contribution in [0.4, 0.5) is 0 Å². The summed E-state index contributed by atoms with van der Waals surface area (Å²) in [4.78, 5) is 0. The van der Waals surface area contributed by atoms with Gasteiger partial charge in [0.2, 0.25) is 0 Å². The summed E-state index contributed by atoms with van der Waals surface area (Å²) in [6, 6.07) is 0. The zero-order valence-electron chi connectivity index (χ0n) is 8.56. The molecule has 0 saturated heterocycles. The van der Waals surface area contributed by atoms with Crippen molar-refractivity contribution in [2.75, 3.05) is 0 Å². The number of hydrogen-bond donors (Lipinski definition) is 0. The maximum Gasteiger partial charge on any atom is 0.0974 e. The van der Waals surface area contributed by atoms with Crippen molar-refractivity contribution in [1.82, 2.24) is 0 Å². The minimum Gasteiger partial charge on any atom is -0.369 e. The van der Waals surface area contributed by atoms with E-state index in [1.807, 2.05) is 0 Å². The SMILES string of the molecule is C1CC[C](OC2CCCCC2)CC1. The summed E-state index contributed by atoms with van der Waals surface area (Å²) in [6.07, 6.45) is 15.5. The molecule has 2 saturated carbocycles. The zero-order chi connectivity index (χ0) is 8.93. The predicted octanol–water partition coefficient (Wildman–Crippen LogP) is 3.83. The van der Waals surface area contributed by atoms with Crippen LogP contribution in [0.25, 0.3) is 0 Å². The van der Waals surface area contributed by atoms with E-state index in [9.17, 15) is 0 Å². The van der Waals surface area contributed by atoms with E-state index in [4.69, 9.17) is 4.74 Å². The second kappa shape index (κ2) is 4.99. The highest BCUT2D eigenvalue weighted by Gasteiger charge is 2.21. The van der Waals surface area contributed by atoms with Gasteiger partial charge in [-0.25, -0.2) is 0 Å². The van der Waals surface area contributed by atoms with Gasteiger partial charge in [0.1, 0.15) is 0 Å². The highest BCUT2D eigenvalue weighted by Crippen LogP contribution is 2.31. The molecule has 0 aromatic rings. The second-order valence-electron chi connectivity index (χ2n) is 4.48. The monoisotopic (exact) mass is 181 g/mol. The third kappa shape index (κ3) is 2.98. The van der Waals surface area contributed by atoms with E-state index in [1.165, 1.54) is 70.3 Å². The highest BCUT2D eigenvalue weighted by atomic mass is 16.5. The molecule has 0 aliphatic heterocycles. The molecule has 13 heavy (non-hydrogen) atoms. The summed E-state index contributed by atoms with van der Waals surface area (Å²) in [5.41, 5.74) is 0. The molecule has 0 spiro atoms. The van der Waals surface area contributed by atoms with Crippen LogP contribution < -0.4 is 0 Å². The molecule has 0 aromatic heterocycles. The molecule has 1 radical (unpaired) electrons. The van der Waals surface area contributed by atoms with Crippen molar-refractivity contribution in [3.63, 3.8) is 0 Å². The van der Waals surface area contributed by atoms with E-state index in [-0.39, 0.29) is 0 Å². The molecule has 2 rings (SSSR count). The molecule has 0 amide bonds. The molecule has 1 nitrogen and oxygen atoms in total. The third-order valence-corrected chi connectivity index (χ3v) is 3.30. The van der Waals surface area contributed by atoms with Crippen LogP contribution in [-0.4, -0.2) is 6.10 Å². The van der Waals surface area contributed by atoms with Crippen LogP contribution in [0.5, 0.6) is 0 Å². The maximum atomic E-state index is 6.05. The van der Waals surface area contributed by atoms with Crippen LogP contribution in [0.3, 0.4) is 0 Å². The molecule has 0 heterocycles. The number of rotatable bonds is 2. The summed E-state index contributed by atoms with van der Waals surface area (Å²) >= 11 is 0. The van der Waals surface area contributed by atoms with Gasteiger partial charge in [0.25, 0.3) is 0 Å². The van der Waals surface area contributed by atoms with Crippen molar-refractivity contribution in [2.45, 2.75) is 70.3 Å². The van der Waals surface area contributed by atoms with Gasteiger partial charge in [-0.3, -0.25) is 0 Å². The summed E-state index contributed by atoms with van der Waals surface area (Å²) < 4.78 is 6.05. The van der Waals surface area contributed by atoms with Crippen molar-refractivity contribution in [2.24, 2.45) is 0 Å². The molecule has 0 bridgehead atoms. The Morgan fingerprint density at radius 3 is 2.08 bits per heavy atom. The fraction of sp³-hybridized carbons (Fsp3) is 0.917. The molecule has 1 heteroatoms. The van der Waals surface area contributed by atoms with Gasteiger partial charge in [-0.1, -0.05) is 38.5 Å². The Kier molecular flexibility index (Phi) is 3.65. The topological polar surface area (TPSA) is 9.23 Å². The average molecular weight is 181 g/mol. The third-order valence-electron chi connectivity index (χ3n) is 3.30. The minimum atomic E-state index is 0.585. The molecule has 0 atom stereocenters. The first-order valence-electron chi connectivity index (χ1n) is 5.96. The lowest BCUT2D eigenvalue weighted by molar-refractivity contribution is 0.0197. The van der Waals surface area contributed by atoms with E-state index in [2.05, 4.69) is 0 Å². The van der Waals surface area contributed by atoms with Crippen LogP contribution in [0.2, 0.25) is 0 Å².